The quantitative estimate of drug-likeness (QED) is 0.829. The van der Waals surface area contributed by atoms with Crippen molar-refractivity contribution in [3.8, 4) is 0 Å². The molecule has 1 aromatic heterocycles. The molecule has 1 heterocycles. The molecule has 3 N–H and O–H groups in total. The first kappa shape index (κ1) is 13.5. The molecule has 1 fully saturated rings. The van der Waals surface area contributed by atoms with Gasteiger partial charge in [0.15, 0.2) is 0 Å². The highest BCUT2D eigenvalue weighted by atomic mass is 79.9. The fourth-order valence-electron chi connectivity index (χ4n) is 2.51. The van der Waals surface area contributed by atoms with E-state index >= 15 is 0 Å². The number of thiophene rings is 1. The normalized spacial score (nSPS) is 20.1. The lowest BCUT2D eigenvalue weighted by Gasteiger charge is -2.23. The van der Waals surface area contributed by atoms with E-state index in [1.807, 2.05) is 0 Å². The van der Waals surface area contributed by atoms with Gasteiger partial charge in [-0.15, -0.1) is 11.3 Å². The van der Waals surface area contributed by atoms with Gasteiger partial charge in [-0.05, 0) is 34.8 Å². The Hall–Kier alpha value is 0.1000. The average Bonchev–Trinajstić information content (AvgIpc) is 2.62. The predicted molar refractivity (Wildman–Crippen MR) is 78.4 cm³/mol. The molecule has 1 aliphatic rings. The third-order valence-electron chi connectivity index (χ3n) is 3.46. The van der Waals surface area contributed by atoms with Gasteiger partial charge in [-0.25, -0.2) is 0 Å². The largest absolute Gasteiger partial charge is 0.329 e. The van der Waals surface area contributed by atoms with E-state index in [1.54, 1.807) is 11.3 Å². The van der Waals surface area contributed by atoms with Crippen molar-refractivity contribution in [2.45, 2.75) is 50.6 Å². The topological polar surface area (TPSA) is 38.0 Å². The maximum atomic E-state index is 5.90. The number of hydrogen-bond acceptors (Lipinski definition) is 3. The summed E-state index contributed by atoms with van der Waals surface area (Å²) < 4.78 is 1.17. The van der Waals surface area contributed by atoms with E-state index in [4.69, 9.17) is 5.73 Å². The van der Waals surface area contributed by atoms with Crippen LogP contribution in [0.2, 0.25) is 0 Å². The van der Waals surface area contributed by atoms with Gasteiger partial charge in [0.25, 0.3) is 0 Å². The number of halogens is 1. The molecule has 17 heavy (non-hydrogen) atoms. The SMILES string of the molecule is NCC(NC1CCCCCC1)c1cc(Br)cs1. The van der Waals surface area contributed by atoms with E-state index in [0.717, 1.165) is 0 Å². The van der Waals surface area contributed by atoms with Crippen molar-refractivity contribution in [3.05, 3.63) is 20.8 Å². The molecule has 1 aliphatic carbocycles. The molecule has 0 bridgehead atoms. The van der Waals surface area contributed by atoms with Crippen LogP contribution in [0.4, 0.5) is 0 Å². The molecule has 96 valence electrons. The van der Waals surface area contributed by atoms with Crippen LogP contribution in [0.5, 0.6) is 0 Å². The molecule has 1 saturated carbocycles. The molecule has 0 radical (unpaired) electrons. The third-order valence-corrected chi connectivity index (χ3v) is 5.27. The Balaban J connectivity index is 1.94. The summed E-state index contributed by atoms with van der Waals surface area (Å²) >= 11 is 5.30. The summed E-state index contributed by atoms with van der Waals surface area (Å²) in [5.41, 5.74) is 5.90. The molecule has 4 heteroatoms. The van der Waals surface area contributed by atoms with Gasteiger partial charge in [0.1, 0.15) is 0 Å². The average molecular weight is 317 g/mol. The first-order chi connectivity index (χ1) is 8.29. The van der Waals surface area contributed by atoms with Crippen molar-refractivity contribution >= 4 is 27.3 Å². The van der Waals surface area contributed by atoms with Gasteiger partial charge in [-0.3, -0.25) is 0 Å². The van der Waals surface area contributed by atoms with Crippen LogP contribution in [-0.2, 0) is 0 Å². The third kappa shape index (κ3) is 4.05. The van der Waals surface area contributed by atoms with Gasteiger partial charge in [0.2, 0.25) is 0 Å². The first-order valence-corrected chi connectivity index (χ1v) is 8.17. The molecule has 0 spiro atoms. The maximum absolute atomic E-state index is 5.90. The molecule has 1 aromatic rings. The Morgan fingerprint density at radius 3 is 2.59 bits per heavy atom. The number of nitrogens with one attached hydrogen (secondary N) is 1. The van der Waals surface area contributed by atoms with Crippen LogP contribution < -0.4 is 11.1 Å². The highest BCUT2D eigenvalue weighted by Crippen LogP contribution is 2.27. The number of rotatable bonds is 4. The maximum Gasteiger partial charge on any atom is 0.0541 e. The smallest absolute Gasteiger partial charge is 0.0541 e. The molecule has 0 aliphatic heterocycles. The van der Waals surface area contributed by atoms with E-state index in [2.05, 4.69) is 32.7 Å². The van der Waals surface area contributed by atoms with Gasteiger partial charge in [-0.1, -0.05) is 25.7 Å². The second kappa shape index (κ2) is 6.88. The Bertz CT molecular complexity index is 332. The second-order valence-corrected chi connectivity index (χ2v) is 6.67. The lowest BCUT2D eigenvalue weighted by Crippen LogP contribution is -2.36. The number of hydrogen-bond donors (Lipinski definition) is 2. The minimum atomic E-state index is 0.328. The fourth-order valence-corrected chi connectivity index (χ4v) is 4.03. The van der Waals surface area contributed by atoms with E-state index in [1.165, 1.54) is 47.9 Å². The number of nitrogens with two attached hydrogens (primary N) is 1. The van der Waals surface area contributed by atoms with Crippen molar-refractivity contribution in [2.24, 2.45) is 5.73 Å². The van der Waals surface area contributed by atoms with Crippen LogP contribution in [0.25, 0.3) is 0 Å². The van der Waals surface area contributed by atoms with E-state index in [0.29, 0.717) is 18.6 Å². The molecular formula is C13H21BrN2S. The molecule has 2 nitrogen and oxygen atoms in total. The standard InChI is InChI=1S/C13H21BrN2S/c14-10-7-13(17-9-10)12(8-15)16-11-5-3-1-2-4-6-11/h7,9,11-12,16H,1-6,8,15H2. The summed E-state index contributed by atoms with van der Waals surface area (Å²) in [6, 6.07) is 3.17. The molecule has 0 amide bonds. The summed E-state index contributed by atoms with van der Waals surface area (Å²) in [5.74, 6) is 0. The first-order valence-electron chi connectivity index (χ1n) is 6.49. The zero-order chi connectivity index (χ0) is 12.1. The highest BCUT2D eigenvalue weighted by molar-refractivity contribution is 9.10. The van der Waals surface area contributed by atoms with Crippen molar-refractivity contribution in [2.75, 3.05) is 6.54 Å². The van der Waals surface area contributed by atoms with E-state index < -0.39 is 0 Å². The predicted octanol–water partition coefficient (Wildman–Crippen LogP) is 3.82. The summed E-state index contributed by atoms with van der Waals surface area (Å²) in [7, 11) is 0. The molecule has 1 atom stereocenters. The minimum Gasteiger partial charge on any atom is -0.329 e. The fraction of sp³-hybridized carbons (Fsp3) is 0.692. The summed E-state index contributed by atoms with van der Waals surface area (Å²) in [5, 5.41) is 5.87. The van der Waals surface area contributed by atoms with Gasteiger partial charge < -0.3 is 11.1 Å². The van der Waals surface area contributed by atoms with E-state index in [9.17, 15) is 0 Å². The Kier molecular flexibility index (Phi) is 5.48. The van der Waals surface area contributed by atoms with Crippen LogP contribution in [0.15, 0.2) is 15.9 Å². The Morgan fingerprint density at radius 2 is 2.06 bits per heavy atom. The van der Waals surface area contributed by atoms with Crippen molar-refractivity contribution in [1.82, 2.24) is 5.32 Å². The molecular weight excluding hydrogens is 296 g/mol. The molecule has 0 aromatic carbocycles. The van der Waals surface area contributed by atoms with Crippen LogP contribution in [0, 0.1) is 0 Å². The second-order valence-electron chi connectivity index (χ2n) is 4.81. The van der Waals surface area contributed by atoms with Gasteiger partial charge in [0.05, 0.1) is 6.04 Å². The monoisotopic (exact) mass is 316 g/mol. The molecule has 2 rings (SSSR count). The van der Waals surface area contributed by atoms with Gasteiger partial charge >= 0.3 is 0 Å². The van der Waals surface area contributed by atoms with Crippen LogP contribution >= 0.6 is 27.3 Å². The van der Waals surface area contributed by atoms with Crippen molar-refractivity contribution < 1.29 is 0 Å². The Labute approximate surface area is 116 Å². The van der Waals surface area contributed by atoms with Crippen LogP contribution in [0.3, 0.4) is 0 Å². The van der Waals surface area contributed by atoms with Crippen molar-refractivity contribution in [1.29, 1.82) is 0 Å². The lowest BCUT2D eigenvalue weighted by atomic mass is 10.1. The lowest BCUT2D eigenvalue weighted by molar-refractivity contribution is 0.405. The van der Waals surface area contributed by atoms with Crippen LogP contribution in [0.1, 0.15) is 49.4 Å². The molecule has 0 saturated heterocycles. The van der Waals surface area contributed by atoms with Gasteiger partial charge in [-0.2, -0.15) is 0 Å². The van der Waals surface area contributed by atoms with Crippen molar-refractivity contribution in [3.63, 3.8) is 0 Å². The highest BCUT2D eigenvalue weighted by Gasteiger charge is 2.18. The van der Waals surface area contributed by atoms with E-state index in [-0.39, 0.29) is 0 Å². The summed E-state index contributed by atoms with van der Waals surface area (Å²) in [6.45, 7) is 0.684. The summed E-state index contributed by atoms with van der Waals surface area (Å²) in [4.78, 5) is 1.35. The zero-order valence-electron chi connectivity index (χ0n) is 10.1. The minimum absolute atomic E-state index is 0.328. The zero-order valence-corrected chi connectivity index (χ0v) is 12.5. The summed E-state index contributed by atoms with van der Waals surface area (Å²) in [6.07, 6.45) is 8.14. The van der Waals surface area contributed by atoms with Crippen LogP contribution in [-0.4, -0.2) is 12.6 Å². The molecule has 1 unspecified atom stereocenters. The Morgan fingerprint density at radius 1 is 1.35 bits per heavy atom. The van der Waals surface area contributed by atoms with Gasteiger partial charge in [0, 0.05) is 27.3 Å².